The van der Waals surface area contributed by atoms with Gasteiger partial charge in [0.1, 0.15) is 0 Å². The molecule has 1 aliphatic heterocycles. The van der Waals surface area contributed by atoms with Crippen molar-refractivity contribution in [1.82, 2.24) is 0 Å². The lowest BCUT2D eigenvalue weighted by molar-refractivity contribution is 0.143. The summed E-state index contributed by atoms with van der Waals surface area (Å²) in [4.78, 5) is 9.17. The Kier molecular flexibility index (Phi) is 5.71. The molecular weight excluding hydrogens is 203 g/mol. The van der Waals surface area contributed by atoms with Crippen LogP contribution in [0.25, 0.3) is 0 Å². The molecule has 1 rings (SSSR count). The van der Waals surface area contributed by atoms with Crippen LogP contribution in [0.4, 0.5) is 0 Å². The van der Waals surface area contributed by atoms with Crippen LogP contribution in [0.2, 0.25) is 0 Å². The van der Waals surface area contributed by atoms with E-state index in [9.17, 15) is 4.57 Å². The highest BCUT2D eigenvalue weighted by Crippen LogP contribution is 2.43. The summed E-state index contributed by atoms with van der Waals surface area (Å²) in [7, 11) is -3.74. The third-order valence-corrected chi connectivity index (χ3v) is 3.32. The fraction of sp³-hybridized carbons (Fsp3) is 1.00. The number of phosphoric ester groups is 1. The Hall–Kier alpha value is 0.110. The van der Waals surface area contributed by atoms with E-state index in [1.807, 2.05) is 0 Å². The lowest BCUT2D eigenvalue weighted by Crippen LogP contribution is -2.00. The molecule has 1 heterocycles. The van der Waals surface area contributed by atoms with Crippen LogP contribution in [0.3, 0.4) is 0 Å². The number of hydrogen-bond acceptors (Lipinski definition) is 3. The normalized spacial score (nSPS) is 26.1. The van der Waals surface area contributed by atoms with Crippen molar-refractivity contribution in [2.75, 3.05) is 13.2 Å². The van der Waals surface area contributed by atoms with Gasteiger partial charge in [-0.3, -0.25) is 9.05 Å². The molecule has 1 fully saturated rings. The van der Waals surface area contributed by atoms with E-state index in [0.717, 1.165) is 25.7 Å². The summed E-state index contributed by atoms with van der Waals surface area (Å²) in [6.45, 7) is 0.654. The first-order valence-electron chi connectivity index (χ1n) is 5.33. The number of rotatable bonds is 0. The molecule has 0 radical (unpaired) electrons. The lowest BCUT2D eigenvalue weighted by Gasteiger charge is -2.13. The van der Waals surface area contributed by atoms with Gasteiger partial charge in [0.2, 0.25) is 0 Å². The van der Waals surface area contributed by atoms with Gasteiger partial charge in [0.05, 0.1) is 13.2 Å². The zero-order valence-electron chi connectivity index (χ0n) is 8.48. The van der Waals surface area contributed by atoms with Crippen LogP contribution in [0.5, 0.6) is 0 Å². The van der Waals surface area contributed by atoms with Gasteiger partial charge in [0, 0.05) is 0 Å². The molecule has 1 saturated heterocycles. The molecule has 0 aromatic heterocycles. The first kappa shape index (κ1) is 12.2. The van der Waals surface area contributed by atoms with Crippen molar-refractivity contribution in [3.8, 4) is 0 Å². The Morgan fingerprint density at radius 1 is 0.786 bits per heavy atom. The van der Waals surface area contributed by atoms with E-state index >= 15 is 0 Å². The summed E-state index contributed by atoms with van der Waals surface area (Å²) >= 11 is 0. The molecule has 0 aromatic rings. The average Bonchev–Trinajstić information content (AvgIpc) is 2.11. The second-order valence-electron chi connectivity index (χ2n) is 3.61. The van der Waals surface area contributed by atoms with Crippen molar-refractivity contribution in [2.45, 2.75) is 44.9 Å². The molecule has 0 atom stereocenters. The summed E-state index contributed by atoms with van der Waals surface area (Å²) in [5.74, 6) is 0. The second kappa shape index (κ2) is 6.57. The summed E-state index contributed by atoms with van der Waals surface area (Å²) in [5, 5.41) is 0. The van der Waals surface area contributed by atoms with Gasteiger partial charge in [-0.25, -0.2) is 4.57 Å². The first-order valence-corrected chi connectivity index (χ1v) is 6.82. The number of hydrogen-bond donors (Lipinski definition) is 1. The predicted molar refractivity (Wildman–Crippen MR) is 54.0 cm³/mol. The molecule has 0 saturated carbocycles. The van der Waals surface area contributed by atoms with Crippen molar-refractivity contribution in [2.24, 2.45) is 0 Å². The monoisotopic (exact) mass is 222 g/mol. The molecule has 0 spiro atoms. The Labute approximate surface area is 85.2 Å². The van der Waals surface area contributed by atoms with E-state index < -0.39 is 7.82 Å². The van der Waals surface area contributed by atoms with Gasteiger partial charge < -0.3 is 4.89 Å². The van der Waals surface area contributed by atoms with Gasteiger partial charge in [0.15, 0.2) is 0 Å². The van der Waals surface area contributed by atoms with Crippen molar-refractivity contribution in [3.05, 3.63) is 0 Å². The summed E-state index contributed by atoms with van der Waals surface area (Å²) in [6, 6.07) is 0. The van der Waals surface area contributed by atoms with Crippen LogP contribution in [-0.4, -0.2) is 18.1 Å². The second-order valence-corrected chi connectivity index (χ2v) is 5.06. The van der Waals surface area contributed by atoms with Gasteiger partial charge in [0.25, 0.3) is 0 Å². The molecule has 14 heavy (non-hydrogen) atoms. The molecule has 0 bridgehead atoms. The first-order chi connectivity index (χ1) is 6.71. The summed E-state index contributed by atoms with van der Waals surface area (Å²) in [6.07, 6.45) is 7.46. The van der Waals surface area contributed by atoms with Crippen molar-refractivity contribution >= 4 is 7.82 Å². The smallest absolute Gasteiger partial charge is 0.302 e. The molecule has 1 N–H and O–H groups in total. The quantitative estimate of drug-likeness (QED) is 0.640. The van der Waals surface area contributed by atoms with Crippen molar-refractivity contribution in [1.29, 1.82) is 0 Å². The van der Waals surface area contributed by atoms with E-state index in [1.165, 1.54) is 19.3 Å². The van der Waals surface area contributed by atoms with Crippen LogP contribution < -0.4 is 0 Å². The summed E-state index contributed by atoms with van der Waals surface area (Å²) in [5.41, 5.74) is 0. The topological polar surface area (TPSA) is 55.8 Å². The lowest BCUT2D eigenvalue weighted by atomic mass is 10.1. The fourth-order valence-electron chi connectivity index (χ4n) is 1.49. The highest BCUT2D eigenvalue weighted by molar-refractivity contribution is 7.47. The predicted octanol–water partition coefficient (Wildman–Crippen LogP) is 2.86. The largest absolute Gasteiger partial charge is 0.472 e. The highest BCUT2D eigenvalue weighted by Gasteiger charge is 2.20. The van der Waals surface area contributed by atoms with E-state index in [-0.39, 0.29) is 0 Å². The fourth-order valence-corrected chi connectivity index (χ4v) is 2.28. The summed E-state index contributed by atoms with van der Waals surface area (Å²) < 4.78 is 20.8. The standard InChI is InChI=1S/C9H19O4P/c10-14(11)12-8-6-4-2-1-3-5-7-9-13-14/h1-9H2,(H,10,11). The molecular formula is C9H19O4P. The van der Waals surface area contributed by atoms with Crippen molar-refractivity contribution < 1.29 is 18.5 Å². The van der Waals surface area contributed by atoms with E-state index in [0.29, 0.717) is 13.2 Å². The van der Waals surface area contributed by atoms with Crippen LogP contribution in [0.1, 0.15) is 44.9 Å². The van der Waals surface area contributed by atoms with E-state index in [1.54, 1.807) is 0 Å². The third-order valence-electron chi connectivity index (χ3n) is 2.30. The molecule has 4 nitrogen and oxygen atoms in total. The van der Waals surface area contributed by atoms with Crippen LogP contribution in [-0.2, 0) is 13.6 Å². The zero-order chi connectivity index (χ0) is 10.3. The molecule has 1 aliphatic rings. The Balaban J connectivity index is 2.28. The Bertz CT molecular complexity index is 179. The van der Waals surface area contributed by atoms with Crippen LogP contribution in [0.15, 0.2) is 0 Å². The van der Waals surface area contributed by atoms with Crippen molar-refractivity contribution in [3.63, 3.8) is 0 Å². The van der Waals surface area contributed by atoms with Gasteiger partial charge in [-0.05, 0) is 12.8 Å². The van der Waals surface area contributed by atoms with Gasteiger partial charge >= 0.3 is 7.82 Å². The molecule has 5 heteroatoms. The molecule has 0 aromatic carbocycles. The Morgan fingerprint density at radius 2 is 1.14 bits per heavy atom. The molecule has 0 unspecified atom stereocenters. The van der Waals surface area contributed by atoms with Gasteiger partial charge in [-0.1, -0.05) is 32.1 Å². The van der Waals surface area contributed by atoms with Crippen LogP contribution >= 0.6 is 7.82 Å². The van der Waals surface area contributed by atoms with Gasteiger partial charge in [-0.15, -0.1) is 0 Å². The third kappa shape index (κ3) is 5.76. The maximum atomic E-state index is 11.2. The minimum atomic E-state index is -3.74. The van der Waals surface area contributed by atoms with E-state index in [4.69, 9.17) is 13.9 Å². The average molecular weight is 222 g/mol. The number of phosphoric acid groups is 1. The highest BCUT2D eigenvalue weighted by atomic mass is 31.2. The molecule has 0 amide bonds. The maximum Gasteiger partial charge on any atom is 0.472 e. The van der Waals surface area contributed by atoms with E-state index in [2.05, 4.69) is 0 Å². The minimum Gasteiger partial charge on any atom is -0.302 e. The molecule has 0 aliphatic carbocycles. The van der Waals surface area contributed by atoms with Gasteiger partial charge in [-0.2, -0.15) is 0 Å². The minimum absolute atomic E-state index is 0.327. The SMILES string of the molecule is O=P1(O)OCCCCCCCCCO1. The molecule has 84 valence electrons. The van der Waals surface area contributed by atoms with Crippen LogP contribution in [0, 0.1) is 0 Å². The Morgan fingerprint density at radius 3 is 1.57 bits per heavy atom. The zero-order valence-corrected chi connectivity index (χ0v) is 9.38. The maximum absolute atomic E-state index is 11.2.